The number of amides is 1. The summed E-state index contributed by atoms with van der Waals surface area (Å²) in [5.74, 6) is 0.671. The Morgan fingerprint density at radius 2 is 2.23 bits per heavy atom. The minimum absolute atomic E-state index is 0.206. The van der Waals surface area contributed by atoms with Crippen molar-refractivity contribution in [1.29, 1.82) is 0 Å². The van der Waals surface area contributed by atoms with Gasteiger partial charge in [-0.1, -0.05) is 0 Å². The molecule has 3 rings (SSSR count). The van der Waals surface area contributed by atoms with Gasteiger partial charge >= 0.3 is 0 Å². The summed E-state index contributed by atoms with van der Waals surface area (Å²) < 4.78 is 11.1. The van der Waals surface area contributed by atoms with Crippen LogP contribution in [0.1, 0.15) is 34.5 Å². The van der Waals surface area contributed by atoms with E-state index in [9.17, 15) is 4.79 Å². The Morgan fingerprint density at radius 1 is 1.45 bits per heavy atom. The highest BCUT2D eigenvalue weighted by atomic mass is 32.1. The number of aryl methyl sites for hydroxylation is 1. The van der Waals surface area contributed by atoms with Crippen LogP contribution in [0, 0.1) is 18.3 Å². The molecule has 0 saturated carbocycles. The SMILES string of the molecule is COC[C@H]1COCCC12CCN(C(=O)c1sccc1C)CC2. The summed E-state index contributed by atoms with van der Waals surface area (Å²) in [5.41, 5.74) is 1.40. The summed E-state index contributed by atoms with van der Waals surface area (Å²) in [7, 11) is 1.76. The highest BCUT2D eigenvalue weighted by Crippen LogP contribution is 2.45. The van der Waals surface area contributed by atoms with Crippen molar-refractivity contribution in [2.75, 3.05) is 40.0 Å². The molecule has 2 saturated heterocycles. The number of nitrogens with zero attached hydrogens (tertiary/aromatic N) is 1. The van der Waals surface area contributed by atoms with Crippen molar-refractivity contribution in [3.05, 3.63) is 21.9 Å². The van der Waals surface area contributed by atoms with Crippen LogP contribution in [0.25, 0.3) is 0 Å². The van der Waals surface area contributed by atoms with Crippen molar-refractivity contribution in [1.82, 2.24) is 4.90 Å². The lowest BCUT2D eigenvalue weighted by molar-refractivity contribution is -0.0912. The van der Waals surface area contributed by atoms with Gasteiger partial charge in [-0.15, -0.1) is 11.3 Å². The van der Waals surface area contributed by atoms with E-state index in [-0.39, 0.29) is 5.91 Å². The second-order valence-corrected chi connectivity index (χ2v) is 7.48. The Labute approximate surface area is 136 Å². The van der Waals surface area contributed by atoms with Crippen molar-refractivity contribution in [3.8, 4) is 0 Å². The number of ether oxygens (including phenoxy) is 2. The summed E-state index contributed by atoms with van der Waals surface area (Å²) in [4.78, 5) is 15.6. The van der Waals surface area contributed by atoms with E-state index in [0.717, 1.165) is 62.6 Å². The number of thiophene rings is 1. The number of piperidine rings is 1. The van der Waals surface area contributed by atoms with Crippen LogP contribution in [0.2, 0.25) is 0 Å². The van der Waals surface area contributed by atoms with Crippen molar-refractivity contribution in [2.45, 2.75) is 26.2 Å². The lowest BCUT2D eigenvalue weighted by atomic mass is 9.66. The highest BCUT2D eigenvalue weighted by molar-refractivity contribution is 7.12. The van der Waals surface area contributed by atoms with Gasteiger partial charge in [0.1, 0.15) is 0 Å². The van der Waals surface area contributed by atoms with Crippen LogP contribution < -0.4 is 0 Å². The van der Waals surface area contributed by atoms with E-state index in [1.54, 1.807) is 18.4 Å². The van der Waals surface area contributed by atoms with E-state index in [0.29, 0.717) is 11.3 Å². The van der Waals surface area contributed by atoms with Gasteiger partial charge in [0.15, 0.2) is 0 Å². The molecule has 0 radical (unpaired) electrons. The Morgan fingerprint density at radius 3 is 2.86 bits per heavy atom. The van der Waals surface area contributed by atoms with Gasteiger partial charge in [0.25, 0.3) is 5.91 Å². The third kappa shape index (κ3) is 2.94. The topological polar surface area (TPSA) is 38.8 Å². The molecule has 0 unspecified atom stereocenters. The molecule has 1 aromatic heterocycles. The molecule has 0 N–H and O–H groups in total. The second kappa shape index (κ2) is 6.69. The van der Waals surface area contributed by atoms with Crippen LogP contribution >= 0.6 is 11.3 Å². The summed E-state index contributed by atoms with van der Waals surface area (Å²) in [6.07, 6.45) is 3.24. The Bertz CT molecular complexity index is 518. The molecular formula is C17H25NO3S. The summed E-state index contributed by atoms with van der Waals surface area (Å²) in [6, 6.07) is 2.02. The zero-order valence-electron chi connectivity index (χ0n) is 13.5. The summed E-state index contributed by atoms with van der Waals surface area (Å²) >= 11 is 1.56. The van der Waals surface area contributed by atoms with Gasteiger partial charge in [-0.3, -0.25) is 4.79 Å². The predicted octanol–water partition coefficient (Wildman–Crippen LogP) is 2.96. The van der Waals surface area contributed by atoms with Crippen LogP contribution in [-0.2, 0) is 9.47 Å². The number of carbonyl (C=O) groups excluding carboxylic acids is 1. The first kappa shape index (κ1) is 16.0. The first-order valence-corrected chi connectivity index (χ1v) is 8.94. The first-order chi connectivity index (χ1) is 10.7. The van der Waals surface area contributed by atoms with Crippen LogP contribution in [-0.4, -0.2) is 50.8 Å². The molecule has 1 amide bonds. The van der Waals surface area contributed by atoms with Crippen molar-refractivity contribution >= 4 is 17.2 Å². The Kier molecular flexibility index (Phi) is 4.85. The summed E-state index contributed by atoms with van der Waals surface area (Å²) in [6.45, 7) is 6.14. The molecule has 0 aromatic carbocycles. The molecule has 4 nitrogen and oxygen atoms in total. The maximum atomic E-state index is 12.6. The van der Waals surface area contributed by atoms with Gasteiger partial charge in [-0.2, -0.15) is 0 Å². The van der Waals surface area contributed by atoms with Crippen molar-refractivity contribution < 1.29 is 14.3 Å². The second-order valence-electron chi connectivity index (χ2n) is 6.56. The average Bonchev–Trinajstić information content (AvgIpc) is 2.96. The third-order valence-corrected chi connectivity index (χ3v) is 6.40. The third-order valence-electron chi connectivity index (χ3n) is 5.40. The molecule has 0 bridgehead atoms. The van der Waals surface area contributed by atoms with Crippen molar-refractivity contribution in [2.24, 2.45) is 11.3 Å². The van der Waals surface area contributed by atoms with Crippen LogP contribution in [0.15, 0.2) is 11.4 Å². The highest BCUT2D eigenvalue weighted by Gasteiger charge is 2.44. The van der Waals surface area contributed by atoms with Crippen LogP contribution in [0.3, 0.4) is 0 Å². The fraction of sp³-hybridized carbons (Fsp3) is 0.706. The van der Waals surface area contributed by atoms with Gasteiger partial charge in [0.2, 0.25) is 0 Å². The molecule has 2 aliphatic rings. The number of hydrogen-bond acceptors (Lipinski definition) is 4. The zero-order chi connectivity index (χ0) is 15.6. The lowest BCUT2D eigenvalue weighted by Crippen LogP contribution is -2.50. The monoisotopic (exact) mass is 323 g/mol. The average molecular weight is 323 g/mol. The fourth-order valence-corrected chi connectivity index (χ4v) is 4.75. The molecule has 122 valence electrons. The molecule has 5 heteroatoms. The molecule has 0 aliphatic carbocycles. The van der Waals surface area contributed by atoms with Gasteiger partial charge in [0, 0.05) is 32.7 Å². The smallest absolute Gasteiger partial charge is 0.264 e. The molecule has 1 spiro atoms. The normalized spacial score (nSPS) is 24.6. The fourth-order valence-electron chi connectivity index (χ4n) is 3.86. The van der Waals surface area contributed by atoms with Gasteiger partial charge in [0.05, 0.1) is 18.1 Å². The predicted molar refractivity (Wildman–Crippen MR) is 87.4 cm³/mol. The zero-order valence-corrected chi connectivity index (χ0v) is 14.3. The molecule has 2 aliphatic heterocycles. The molecule has 1 atom stereocenters. The number of hydrogen-bond donors (Lipinski definition) is 0. The van der Waals surface area contributed by atoms with E-state index >= 15 is 0 Å². The minimum atomic E-state index is 0.206. The molecule has 1 aromatic rings. The van der Waals surface area contributed by atoms with Gasteiger partial charge in [-0.25, -0.2) is 0 Å². The van der Waals surface area contributed by atoms with Crippen LogP contribution in [0.5, 0.6) is 0 Å². The number of methoxy groups -OCH3 is 1. The largest absolute Gasteiger partial charge is 0.384 e. The molecule has 2 fully saturated rings. The van der Waals surface area contributed by atoms with E-state index in [1.165, 1.54) is 0 Å². The number of likely N-dealkylation sites (tertiary alicyclic amines) is 1. The van der Waals surface area contributed by atoms with Crippen LogP contribution in [0.4, 0.5) is 0 Å². The van der Waals surface area contributed by atoms with E-state index in [1.807, 2.05) is 23.3 Å². The quantitative estimate of drug-likeness (QED) is 0.858. The molecular weight excluding hydrogens is 298 g/mol. The lowest BCUT2D eigenvalue weighted by Gasteiger charge is -2.48. The molecule has 22 heavy (non-hydrogen) atoms. The van der Waals surface area contributed by atoms with E-state index in [4.69, 9.17) is 9.47 Å². The standard InChI is InChI=1S/C17H25NO3S/c1-13-3-10-22-15(13)16(19)18-7-4-17(5-8-18)6-9-21-12-14(17)11-20-2/h3,10,14H,4-9,11-12H2,1-2H3/t14-/m0/s1. The van der Waals surface area contributed by atoms with Gasteiger partial charge < -0.3 is 14.4 Å². The summed E-state index contributed by atoms with van der Waals surface area (Å²) in [5, 5.41) is 2.00. The van der Waals surface area contributed by atoms with E-state index in [2.05, 4.69) is 0 Å². The Balaban J connectivity index is 1.66. The maximum absolute atomic E-state index is 12.6. The van der Waals surface area contributed by atoms with Gasteiger partial charge in [-0.05, 0) is 48.6 Å². The minimum Gasteiger partial charge on any atom is -0.384 e. The van der Waals surface area contributed by atoms with E-state index < -0.39 is 0 Å². The number of carbonyl (C=O) groups is 1. The molecule has 3 heterocycles. The van der Waals surface area contributed by atoms with Crippen molar-refractivity contribution in [3.63, 3.8) is 0 Å². The maximum Gasteiger partial charge on any atom is 0.264 e. The number of rotatable bonds is 3. The first-order valence-electron chi connectivity index (χ1n) is 8.06. The Hall–Kier alpha value is -0.910.